The van der Waals surface area contributed by atoms with Crippen molar-refractivity contribution in [2.75, 3.05) is 0 Å². The molecule has 0 aliphatic rings. The molecule has 0 aliphatic heterocycles. The average molecular weight is 254 g/mol. The minimum Gasteiger partial charge on any atom is -0.347 e. The molecule has 1 amide bonds. The third-order valence-electron chi connectivity index (χ3n) is 3.06. The highest BCUT2D eigenvalue weighted by Crippen LogP contribution is 2.18. The summed E-state index contributed by atoms with van der Waals surface area (Å²) in [5.74, 6) is 0.0213. The molecule has 2 aromatic rings. The second kappa shape index (κ2) is 5.65. The zero-order valence-corrected chi connectivity index (χ0v) is 11.3. The molecule has 0 radical (unpaired) electrons. The van der Waals surface area contributed by atoms with E-state index in [0.29, 0.717) is 6.42 Å². The highest BCUT2D eigenvalue weighted by Gasteiger charge is 2.22. The van der Waals surface area contributed by atoms with Crippen LogP contribution < -0.4 is 5.32 Å². The molecule has 1 N–H and O–H groups in total. The van der Waals surface area contributed by atoms with E-state index in [4.69, 9.17) is 0 Å². The first-order valence-electron chi connectivity index (χ1n) is 6.33. The summed E-state index contributed by atoms with van der Waals surface area (Å²) >= 11 is 0. The quantitative estimate of drug-likeness (QED) is 0.911. The molecule has 1 aromatic carbocycles. The fourth-order valence-electron chi connectivity index (χ4n) is 2.01. The van der Waals surface area contributed by atoms with Gasteiger partial charge in [-0.1, -0.05) is 30.3 Å². The summed E-state index contributed by atoms with van der Waals surface area (Å²) in [5, 5.41) is 3.05. The van der Waals surface area contributed by atoms with Crippen molar-refractivity contribution < 1.29 is 4.79 Å². The second-order valence-electron chi connectivity index (χ2n) is 5.07. The molecule has 98 valence electrons. The number of nitrogens with zero attached hydrogens (tertiary/aromatic N) is 1. The van der Waals surface area contributed by atoms with E-state index in [2.05, 4.69) is 10.3 Å². The Hall–Kier alpha value is -2.16. The molecule has 19 heavy (non-hydrogen) atoms. The maximum absolute atomic E-state index is 12.1. The monoisotopic (exact) mass is 254 g/mol. The van der Waals surface area contributed by atoms with Crippen LogP contribution in [0.5, 0.6) is 0 Å². The number of carbonyl (C=O) groups is 1. The molecule has 0 saturated carbocycles. The van der Waals surface area contributed by atoms with Gasteiger partial charge in [-0.05, 0) is 37.1 Å². The van der Waals surface area contributed by atoms with E-state index in [0.717, 1.165) is 11.1 Å². The number of amides is 1. The maximum Gasteiger partial charge on any atom is 0.225 e. The van der Waals surface area contributed by atoms with Gasteiger partial charge < -0.3 is 5.32 Å². The Kier molecular flexibility index (Phi) is 3.95. The molecule has 0 aliphatic carbocycles. The number of aromatic nitrogens is 1. The van der Waals surface area contributed by atoms with Crippen LogP contribution in [0.1, 0.15) is 25.0 Å². The summed E-state index contributed by atoms with van der Waals surface area (Å²) < 4.78 is 0. The van der Waals surface area contributed by atoms with E-state index in [9.17, 15) is 4.79 Å². The second-order valence-corrected chi connectivity index (χ2v) is 5.07. The summed E-state index contributed by atoms with van der Waals surface area (Å²) in [6, 6.07) is 13.6. The van der Waals surface area contributed by atoms with Crippen LogP contribution in [0, 0.1) is 0 Å². The third-order valence-corrected chi connectivity index (χ3v) is 3.06. The molecular weight excluding hydrogens is 236 g/mol. The van der Waals surface area contributed by atoms with Crippen LogP contribution in [0.4, 0.5) is 0 Å². The molecule has 0 spiro atoms. The van der Waals surface area contributed by atoms with Gasteiger partial charge in [0.05, 0.1) is 12.0 Å². The smallest absolute Gasteiger partial charge is 0.225 e. The normalized spacial score (nSPS) is 11.1. The van der Waals surface area contributed by atoms with E-state index in [1.807, 2.05) is 56.3 Å². The lowest BCUT2D eigenvalue weighted by atomic mass is 9.95. The van der Waals surface area contributed by atoms with Crippen molar-refractivity contribution in [3.63, 3.8) is 0 Å². The van der Waals surface area contributed by atoms with Crippen LogP contribution in [-0.2, 0) is 16.8 Å². The fraction of sp³-hybridized carbons (Fsp3) is 0.250. The van der Waals surface area contributed by atoms with Gasteiger partial charge in [-0.3, -0.25) is 9.78 Å². The molecule has 0 fully saturated rings. The van der Waals surface area contributed by atoms with E-state index >= 15 is 0 Å². The topological polar surface area (TPSA) is 42.0 Å². The molecule has 3 heteroatoms. The Morgan fingerprint density at radius 3 is 2.37 bits per heavy atom. The molecule has 0 bridgehead atoms. The molecule has 0 saturated heterocycles. The average Bonchev–Trinajstić information content (AvgIpc) is 2.40. The van der Waals surface area contributed by atoms with E-state index in [1.54, 1.807) is 12.4 Å². The number of hydrogen-bond donors (Lipinski definition) is 1. The van der Waals surface area contributed by atoms with Crippen LogP contribution >= 0.6 is 0 Å². The Labute approximate surface area is 113 Å². The van der Waals surface area contributed by atoms with Crippen LogP contribution in [0.15, 0.2) is 54.9 Å². The molecule has 1 heterocycles. The Bertz CT molecular complexity index is 535. The summed E-state index contributed by atoms with van der Waals surface area (Å²) in [5.41, 5.74) is 1.67. The fourth-order valence-corrected chi connectivity index (χ4v) is 2.01. The van der Waals surface area contributed by atoms with Crippen molar-refractivity contribution in [2.45, 2.75) is 25.8 Å². The van der Waals surface area contributed by atoms with Gasteiger partial charge in [0.25, 0.3) is 0 Å². The summed E-state index contributed by atoms with van der Waals surface area (Å²) in [6.45, 7) is 3.98. The summed E-state index contributed by atoms with van der Waals surface area (Å²) in [6.07, 6.45) is 3.87. The molecule has 0 unspecified atom stereocenters. The SMILES string of the molecule is CC(C)(NC(=O)Cc1ccccc1)c1ccncc1. The van der Waals surface area contributed by atoms with Gasteiger partial charge in [0.15, 0.2) is 0 Å². The predicted molar refractivity (Wildman–Crippen MR) is 75.6 cm³/mol. The van der Waals surface area contributed by atoms with Gasteiger partial charge in [0.1, 0.15) is 0 Å². The van der Waals surface area contributed by atoms with Gasteiger partial charge in [-0.2, -0.15) is 0 Å². The zero-order valence-electron chi connectivity index (χ0n) is 11.3. The van der Waals surface area contributed by atoms with Gasteiger partial charge in [0, 0.05) is 12.4 Å². The Morgan fingerprint density at radius 1 is 1.11 bits per heavy atom. The summed E-state index contributed by atoms with van der Waals surface area (Å²) in [7, 11) is 0. The number of nitrogens with one attached hydrogen (secondary N) is 1. The van der Waals surface area contributed by atoms with Crippen LogP contribution in [0.25, 0.3) is 0 Å². The van der Waals surface area contributed by atoms with E-state index in [-0.39, 0.29) is 5.91 Å². The Balaban J connectivity index is 2.02. The van der Waals surface area contributed by atoms with Crippen LogP contribution in [0.3, 0.4) is 0 Å². The minimum absolute atomic E-state index is 0.0213. The number of hydrogen-bond acceptors (Lipinski definition) is 2. The van der Waals surface area contributed by atoms with Gasteiger partial charge in [0.2, 0.25) is 5.91 Å². The first kappa shape index (κ1) is 13.3. The van der Waals surface area contributed by atoms with Crippen molar-refractivity contribution in [1.82, 2.24) is 10.3 Å². The van der Waals surface area contributed by atoms with Crippen molar-refractivity contribution in [3.05, 3.63) is 66.0 Å². The molecular formula is C16H18N2O. The first-order chi connectivity index (χ1) is 9.08. The largest absolute Gasteiger partial charge is 0.347 e. The first-order valence-corrected chi connectivity index (χ1v) is 6.33. The minimum atomic E-state index is -0.394. The lowest BCUT2D eigenvalue weighted by Gasteiger charge is -2.26. The van der Waals surface area contributed by atoms with Crippen molar-refractivity contribution in [3.8, 4) is 0 Å². The third kappa shape index (κ3) is 3.65. The number of benzene rings is 1. The molecule has 0 atom stereocenters. The maximum atomic E-state index is 12.1. The van der Waals surface area contributed by atoms with Crippen molar-refractivity contribution in [2.24, 2.45) is 0 Å². The van der Waals surface area contributed by atoms with Gasteiger partial charge in [-0.15, -0.1) is 0 Å². The standard InChI is InChI=1S/C16H18N2O/c1-16(2,14-8-10-17-11-9-14)18-15(19)12-13-6-4-3-5-7-13/h3-11H,12H2,1-2H3,(H,18,19). The number of carbonyl (C=O) groups excluding carboxylic acids is 1. The van der Waals surface area contributed by atoms with Gasteiger partial charge >= 0.3 is 0 Å². The lowest BCUT2D eigenvalue weighted by Crippen LogP contribution is -2.41. The zero-order chi connectivity index (χ0) is 13.7. The van der Waals surface area contributed by atoms with Crippen molar-refractivity contribution >= 4 is 5.91 Å². The highest BCUT2D eigenvalue weighted by molar-refractivity contribution is 5.79. The van der Waals surface area contributed by atoms with Crippen LogP contribution in [-0.4, -0.2) is 10.9 Å². The van der Waals surface area contributed by atoms with Gasteiger partial charge in [-0.25, -0.2) is 0 Å². The number of rotatable bonds is 4. The molecule has 2 rings (SSSR count). The van der Waals surface area contributed by atoms with Crippen LogP contribution in [0.2, 0.25) is 0 Å². The highest BCUT2D eigenvalue weighted by atomic mass is 16.1. The molecule has 3 nitrogen and oxygen atoms in total. The van der Waals surface area contributed by atoms with E-state index in [1.165, 1.54) is 0 Å². The number of pyridine rings is 1. The lowest BCUT2D eigenvalue weighted by molar-refractivity contribution is -0.122. The van der Waals surface area contributed by atoms with E-state index < -0.39 is 5.54 Å². The Morgan fingerprint density at radius 2 is 1.74 bits per heavy atom. The summed E-state index contributed by atoms with van der Waals surface area (Å²) in [4.78, 5) is 16.1. The van der Waals surface area contributed by atoms with Crippen molar-refractivity contribution in [1.29, 1.82) is 0 Å². The predicted octanol–water partition coefficient (Wildman–Crippen LogP) is 2.68. The molecule has 1 aromatic heterocycles.